The Labute approximate surface area is 322 Å². The van der Waals surface area contributed by atoms with Gasteiger partial charge in [-0.1, -0.05) is 95.9 Å². The molecule has 2 aliphatic heterocycles. The van der Waals surface area contributed by atoms with Gasteiger partial charge in [-0.15, -0.1) is 0 Å². The topological polar surface area (TPSA) is 214 Å². The molecular formula is C40H72O14. The third-order valence-corrected chi connectivity index (χ3v) is 9.71. The van der Waals surface area contributed by atoms with E-state index in [0.29, 0.717) is 13.0 Å². The minimum Gasteiger partial charge on any atom is -0.457 e. The van der Waals surface area contributed by atoms with Gasteiger partial charge in [0.25, 0.3) is 0 Å². The number of allylic oxidation sites excluding steroid dienone is 4. The maximum absolute atomic E-state index is 12.4. The summed E-state index contributed by atoms with van der Waals surface area (Å²) in [4.78, 5) is 12.4. The fourth-order valence-electron chi connectivity index (χ4n) is 6.23. The first kappa shape index (κ1) is 48.6. The summed E-state index contributed by atoms with van der Waals surface area (Å²) in [5.41, 5.74) is 0. The number of aliphatic hydroxyl groups excluding tert-OH is 7. The molecule has 0 aromatic rings. The van der Waals surface area contributed by atoms with Crippen LogP contribution < -0.4 is 0 Å². The van der Waals surface area contributed by atoms with Crippen molar-refractivity contribution in [2.45, 2.75) is 191 Å². The van der Waals surface area contributed by atoms with Crippen molar-refractivity contribution in [2.24, 2.45) is 0 Å². The standard InChI is InChI=1S/C40H72O14/c1-3-5-7-8-9-10-11-12-13-14-15-16-17-18-19-20-21-22-24-49-26-29(52-32(42)23-6-4-2)27-50-39-38(48)36(46)34(44)31(54-39)28-51-40-37(47)35(45)33(43)30(25-41)53-40/h9-10,12-13,29-31,33-41,43-48H,3-8,11,14-28H2,1-2H3/b10-9-,13-12-. The number of unbranched alkanes of at least 4 members (excludes halogenated alkanes) is 12. The summed E-state index contributed by atoms with van der Waals surface area (Å²) in [5.74, 6) is -0.415. The van der Waals surface area contributed by atoms with E-state index in [-0.39, 0.29) is 19.6 Å². The van der Waals surface area contributed by atoms with Crippen molar-refractivity contribution in [3.05, 3.63) is 24.3 Å². The van der Waals surface area contributed by atoms with Gasteiger partial charge in [-0.3, -0.25) is 4.79 Å². The van der Waals surface area contributed by atoms with Crippen molar-refractivity contribution < 1.29 is 69.0 Å². The average Bonchev–Trinajstić information content (AvgIpc) is 3.17. The molecule has 14 nitrogen and oxygen atoms in total. The quantitative estimate of drug-likeness (QED) is 0.0317. The van der Waals surface area contributed by atoms with E-state index in [9.17, 15) is 40.5 Å². The number of ether oxygens (including phenoxy) is 6. The second-order valence-corrected chi connectivity index (χ2v) is 14.5. The van der Waals surface area contributed by atoms with Crippen LogP contribution in [0.2, 0.25) is 0 Å². The molecule has 14 heteroatoms. The molecule has 2 fully saturated rings. The van der Waals surface area contributed by atoms with Crippen LogP contribution in [0.25, 0.3) is 0 Å². The fourth-order valence-corrected chi connectivity index (χ4v) is 6.23. The number of esters is 1. The Morgan fingerprint density at radius 1 is 0.611 bits per heavy atom. The second-order valence-electron chi connectivity index (χ2n) is 14.5. The first-order valence-electron chi connectivity index (χ1n) is 20.4. The van der Waals surface area contributed by atoms with E-state index in [2.05, 4.69) is 31.2 Å². The van der Waals surface area contributed by atoms with Crippen LogP contribution in [0.5, 0.6) is 0 Å². The van der Waals surface area contributed by atoms with Crippen molar-refractivity contribution in [1.82, 2.24) is 0 Å². The molecule has 2 aliphatic rings. The molecule has 0 saturated carbocycles. The minimum absolute atomic E-state index is 0.0548. The highest BCUT2D eigenvalue weighted by Crippen LogP contribution is 2.26. The first-order chi connectivity index (χ1) is 26.1. The van der Waals surface area contributed by atoms with E-state index < -0.39 is 86.7 Å². The summed E-state index contributed by atoms with van der Waals surface area (Å²) >= 11 is 0. The highest BCUT2D eigenvalue weighted by molar-refractivity contribution is 5.69. The van der Waals surface area contributed by atoms with E-state index in [4.69, 9.17) is 28.4 Å². The van der Waals surface area contributed by atoms with Gasteiger partial charge in [-0.25, -0.2) is 0 Å². The Bertz CT molecular complexity index is 996. The van der Waals surface area contributed by atoms with Crippen molar-refractivity contribution in [1.29, 1.82) is 0 Å². The normalized spacial score (nSPS) is 29.6. The lowest BCUT2D eigenvalue weighted by atomic mass is 9.98. The molecule has 0 aromatic heterocycles. The Morgan fingerprint density at radius 3 is 1.76 bits per heavy atom. The average molecular weight is 777 g/mol. The van der Waals surface area contributed by atoms with Crippen molar-refractivity contribution in [2.75, 3.05) is 33.0 Å². The van der Waals surface area contributed by atoms with E-state index >= 15 is 0 Å². The largest absolute Gasteiger partial charge is 0.457 e. The van der Waals surface area contributed by atoms with Gasteiger partial charge in [-0.2, -0.15) is 0 Å². The maximum atomic E-state index is 12.4. The lowest BCUT2D eigenvalue weighted by molar-refractivity contribution is -0.332. The summed E-state index contributed by atoms with van der Waals surface area (Å²) in [6.45, 7) is 3.36. The number of carbonyl (C=O) groups excluding carboxylic acids is 1. The summed E-state index contributed by atoms with van der Waals surface area (Å²) in [5, 5.41) is 71.3. The van der Waals surface area contributed by atoms with Crippen molar-refractivity contribution >= 4 is 5.97 Å². The SMILES string of the molecule is CCCCC/C=C\C/C=C\CCCCCCCCCCOCC(COC1OC(COC2OC(CO)C(O)C(O)C2O)C(O)C(O)C1O)OC(=O)CCCC. The van der Waals surface area contributed by atoms with E-state index in [1.54, 1.807) is 0 Å². The molecule has 54 heavy (non-hydrogen) atoms. The monoisotopic (exact) mass is 776 g/mol. The molecule has 2 heterocycles. The Morgan fingerprint density at radius 2 is 1.15 bits per heavy atom. The Balaban J connectivity index is 1.69. The predicted molar refractivity (Wildman–Crippen MR) is 201 cm³/mol. The molecular weight excluding hydrogens is 704 g/mol. The number of carbonyl (C=O) groups is 1. The summed E-state index contributed by atoms with van der Waals surface area (Å²) < 4.78 is 33.6. The maximum Gasteiger partial charge on any atom is 0.306 e. The molecule has 7 N–H and O–H groups in total. The van der Waals surface area contributed by atoms with Crippen LogP contribution in [0.4, 0.5) is 0 Å². The number of hydrogen-bond acceptors (Lipinski definition) is 14. The van der Waals surface area contributed by atoms with Crippen LogP contribution in [0.15, 0.2) is 24.3 Å². The van der Waals surface area contributed by atoms with E-state index in [0.717, 1.165) is 38.5 Å². The van der Waals surface area contributed by atoms with Gasteiger partial charge in [0.2, 0.25) is 0 Å². The molecule has 0 aromatic carbocycles. The second kappa shape index (κ2) is 29.7. The van der Waals surface area contributed by atoms with Gasteiger partial charge in [0, 0.05) is 13.0 Å². The van der Waals surface area contributed by atoms with Crippen LogP contribution in [-0.2, 0) is 33.2 Å². The molecule has 0 aliphatic carbocycles. The summed E-state index contributed by atoms with van der Waals surface area (Å²) in [6, 6.07) is 0. The fraction of sp³-hybridized carbons (Fsp3) is 0.875. The molecule has 11 atom stereocenters. The lowest BCUT2D eigenvalue weighted by Crippen LogP contribution is -2.61. The first-order valence-corrected chi connectivity index (χ1v) is 20.4. The number of rotatable bonds is 30. The third kappa shape index (κ3) is 19.1. The van der Waals surface area contributed by atoms with Gasteiger partial charge < -0.3 is 64.2 Å². The summed E-state index contributed by atoms with van der Waals surface area (Å²) in [6.07, 6.45) is 11.0. The Kier molecular flexibility index (Phi) is 26.7. The molecule has 2 rings (SSSR count). The van der Waals surface area contributed by atoms with Crippen LogP contribution in [0.1, 0.15) is 123 Å². The van der Waals surface area contributed by atoms with Crippen LogP contribution >= 0.6 is 0 Å². The molecule has 0 bridgehead atoms. The van der Waals surface area contributed by atoms with Gasteiger partial charge in [-0.05, 0) is 44.9 Å². The van der Waals surface area contributed by atoms with Crippen LogP contribution in [0.3, 0.4) is 0 Å². The molecule has 2 saturated heterocycles. The number of hydrogen-bond donors (Lipinski definition) is 7. The predicted octanol–water partition coefficient (Wildman–Crippen LogP) is 3.34. The Hall–Kier alpha value is -1.53. The van der Waals surface area contributed by atoms with Crippen LogP contribution in [-0.4, -0.2) is 142 Å². The van der Waals surface area contributed by atoms with Crippen LogP contribution in [0, 0.1) is 0 Å². The molecule has 11 unspecified atom stereocenters. The highest BCUT2D eigenvalue weighted by atomic mass is 16.7. The molecule has 0 radical (unpaired) electrons. The molecule has 0 spiro atoms. The minimum atomic E-state index is -1.70. The van der Waals surface area contributed by atoms with Gasteiger partial charge in [0.05, 0.1) is 26.4 Å². The highest BCUT2D eigenvalue weighted by Gasteiger charge is 2.47. The zero-order valence-electron chi connectivity index (χ0n) is 32.7. The lowest BCUT2D eigenvalue weighted by Gasteiger charge is -2.42. The van der Waals surface area contributed by atoms with Crippen molar-refractivity contribution in [3.63, 3.8) is 0 Å². The third-order valence-electron chi connectivity index (χ3n) is 9.71. The summed E-state index contributed by atoms with van der Waals surface area (Å²) in [7, 11) is 0. The number of aliphatic hydroxyl groups is 7. The molecule has 316 valence electrons. The van der Waals surface area contributed by atoms with Gasteiger partial charge in [0.1, 0.15) is 54.9 Å². The zero-order valence-corrected chi connectivity index (χ0v) is 32.7. The van der Waals surface area contributed by atoms with E-state index in [1.165, 1.54) is 57.8 Å². The van der Waals surface area contributed by atoms with Gasteiger partial charge >= 0.3 is 5.97 Å². The van der Waals surface area contributed by atoms with Crippen molar-refractivity contribution in [3.8, 4) is 0 Å². The smallest absolute Gasteiger partial charge is 0.306 e. The van der Waals surface area contributed by atoms with E-state index in [1.807, 2.05) is 6.92 Å². The van der Waals surface area contributed by atoms with Gasteiger partial charge in [0.15, 0.2) is 12.6 Å². The molecule has 0 amide bonds. The zero-order chi connectivity index (χ0) is 39.6.